The predicted octanol–water partition coefficient (Wildman–Crippen LogP) is 6.54. The Morgan fingerprint density at radius 1 is 0.731 bits per heavy atom. The van der Waals surface area contributed by atoms with Crippen molar-refractivity contribution in [3.63, 3.8) is 0 Å². The molecule has 1 nitrogen and oxygen atoms in total. The van der Waals surface area contributed by atoms with Crippen LogP contribution in [0.25, 0.3) is 43.7 Å². The van der Waals surface area contributed by atoms with Crippen molar-refractivity contribution in [1.82, 2.24) is 4.57 Å². The molecule has 0 saturated carbocycles. The van der Waals surface area contributed by atoms with Gasteiger partial charge in [-0.25, -0.2) is 0 Å². The first-order valence-electron chi connectivity index (χ1n) is 9.40. The maximum atomic E-state index is 2.47. The van der Waals surface area contributed by atoms with Gasteiger partial charge in [-0.15, -0.1) is 0 Å². The van der Waals surface area contributed by atoms with Crippen molar-refractivity contribution < 1.29 is 0 Å². The van der Waals surface area contributed by atoms with Crippen molar-refractivity contribution in [3.05, 3.63) is 83.9 Å². The molecule has 1 heteroatoms. The van der Waals surface area contributed by atoms with Gasteiger partial charge >= 0.3 is 0 Å². The van der Waals surface area contributed by atoms with Crippen LogP contribution in [0.4, 0.5) is 0 Å². The number of hydrogen-bond acceptors (Lipinski definition) is 0. The van der Waals surface area contributed by atoms with Crippen molar-refractivity contribution in [2.24, 2.45) is 0 Å². The summed E-state index contributed by atoms with van der Waals surface area (Å²) in [6.45, 7) is 3.24. The minimum Gasteiger partial charge on any atom is -0.341 e. The van der Waals surface area contributed by atoms with Crippen LogP contribution in [-0.4, -0.2) is 4.57 Å². The van der Waals surface area contributed by atoms with Gasteiger partial charge in [0.1, 0.15) is 0 Å². The predicted molar refractivity (Wildman–Crippen MR) is 111 cm³/mol. The van der Waals surface area contributed by atoms with E-state index in [-0.39, 0.29) is 0 Å². The fourth-order valence-corrected chi connectivity index (χ4v) is 4.92. The molecule has 0 spiro atoms. The third-order valence-corrected chi connectivity index (χ3v) is 6.02. The second-order valence-corrected chi connectivity index (χ2v) is 7.24. The van der Waals surface area contributed by atoms with E-state index >= 15 is 0 Å². The Morgan fingerprint density at radius 2 is 1.50 bits per heavy atom. The largest absolute Gasteiger partial charge is 0.341 e. The van der Waals surface area contributed by atoms with Crippen LogP contribution < -0.4 is 0 Å². The van der Waals surface area contributed by atoms with Crippen LogP contribution in [0.15, 0.2) is 72.8 Å². The molecule has 6 rings (SSSR count). The van der Waals surface area contributed by atoms with E-state index in [0.29, 0.717) is 0 Å². The molecule has 1 aliphatic rings. The molecule has 5 aromatic rings. The number of hydrogen-bond donors (Lipinski definition) is 0. The quantitative estimate of drug-likeness (QED) is 0.322. The standard InChI is InChI=1S/C25H19N/c1-2-26-22-13-11-16-7-3-6-10-19(16)24(22)25-21-15-17-8-4-5-9-18(17)20(21)12-14-23(25)26/h3-14H,2,15H2,1H3. The Morgan fingerprint density at radius 3 is 2.42 bits per heavy atom. The van der Waals surface area contributed by atoms with Gasteiger partial charge in [0, 0.05) is 28.4 Å². The third kappa shape index (κ3) is 1.65. The number of fused-ring (bicyclic) bond motifs is 9. The highest BCUT2D eigenvalue weighted by Crippen LogP contribution is 2.45. The summed E-state index contributed by atoms with van der Waals surface area (Å²) in [7, 11) is 0. The minimum atomic E-state index is 0.990. The molecule has 1 heterocycles. The molecule has 0 saturated heterocycles. The van der Waals surface area contributed by atoms with Crippen molar-refractivity contribution in [2.75, 3.05) is 0 Å². The molecule has 0 atom stereocenters. The molecule has 0 N–H and O–H groups in total. The topological polar surface area (TPSA) is 4.93 Å². The van der Waals surface area contributed by atoms with Gasteiger partial charge < -0.3 is 4.57 Å². The van der Waals surface area contributed by atoms with E-state index in [1.807, 2.05) is 0 Å². The van der Waals surface area contributed by atoms with Gasteiger partial charge in [0.05, 0.1) is 0 Å². The van der Waals surface area contributed by atoms with Crippen molar-refractivity contribution >= 4 is 32.6 Å². The maximum absolute atomic E-state index is 2.47. The van der Waals surface area contributed by atoms with Gasteiger partial charge in [-0.2, -0.15) is 0 Å². The van der Waals surface area contributed by atoms with Crippen LogP contribution in [0.2, 0.25) is 0 Å². The monoisotopic (exact) mass is 333 g/mol. The third-order valence-electron chi connectivity index (χ3n) is 6.02. The summed E-state index contributed by atoms with van der Waals surface area (Å²) in [4.78, 5) is 0. The van der Waals surface area contributed by atoms with Gasteiger partial charge in [0.25, 0.3) is 0 Å². The molecule has 0 unspecified atom stereocenters. The summed E-state index contributed by atoms with van der Waals surface area (Å²) in [5.41, 5.74) is 8.49. The first-order valence-corrected chi connectivity index (χ1v) is 9.40. The van der Waals surface area contributed by atoms with E-state index in [2.05, 4.69) is 84.3 Å². The van der Waals surface area contributed by atoms with E-state index in [4.69, 9.17) is 0 Å². The molecule has 26 heavy (non-hydrogen) atoms. The summed E-state index contributed by atoms with van der Waals surface area (Å²) in [5, 5.41) is 5.56. The zero-order valence-corrected chi connectivity index (χ0v) is 14.8. The Hall–Kier alpha value is -3.06. The van der Waals surface area contributed by atoms with E-state index in [1.165, 1.54) is 54.8 Å². The van der Waals surface area contributed by atoms with Gasteiger partial charge in [-0.3, -0.25) is 0 Å². The number of benzene rings is 4. The summed E-state index contributed by atoms with van der Waals surface area (Å²) < 4.78 is 2.47. The Balaban J connectivity index is 1.87. The van der Waals surface area contributed by atoms with Crippen LogP contribution in [0, 0.1) is 0 Å². The highest BCUT2D eigenvalue weighted by Gasteiger charge is 2.24. The SMILES string of the molecule is CCn1c2ccc3c(c2c2c4ccccc4ccc21)Cc1ccccc1-3. The lowest BCUT2D eigenvalue weighted by atomic mass is 9.98. The minimum absolute atomic E-state index is 0.990. The van der Waals surface area contributed by atoms with Gasteiger partial charge in [-0.05, 0) is 58.5 Å². The summed E-state index contributed by atoms with van der Waals surface area (Å²) in [5.74, 6) is 0. The second-order valence-electron chi connectivity index (χ2n) is 7.24. The van der Waals surface area contributed by atoms with Gasteiger partial charge in [0.15, 0.2) is 0 Å². The van der Waals surface area contributed by atoms with Crippen molar-refractivity contribution in [2.45, 2.75) is 19.9 Å². The van der Waals surface area contributed by atoms with Crippen molar-refractivity contribution in [3.8, 4) is 11.1 Å². The zero-order valence-electron chi connectivity index (χ0n) is 14.8. The second kappa shape index (κ2) is 4.98. The molecule has 0 fully saturated rings. The summed E-state index contributed by atoms with van der Waals surface area (Å²) in [6.07, 6.45) is 1.04. The highest BCUT2D eigenvalue weighted by atomic mass is 15.0. The average Bonchev–Trinajstić information content (AvgIpc) is 3.23. The van der Waals surface area contributed by atoms with Crippen LogP contribution in [0.3, 0.4) is 0 Å². The molecule has 0 aliphatic heterocycles. The fourth-order valence-electron chi connectivity index (χ4n) is 4.92. The lowest BCUT2D eigenvalue weighted by Crippen LogP contribution is -1.93. The van der Waals surface area contributed by atoms with Crippen molar-refractivity contribution in [1.29, 1.82) is 0 Å². The van der Waals surface area contributed by atoms with E-state index in [9.17, 15) is 0 Å². The molecule has 124 valence electrons. The van der Waals surface area contributed by atoms with E-state index in [0.717, 1.165) is 13.0 Å². The lowest BCUT2D eigenvalue weighted by molar-refractivity contribution is 0.827. The highest BCUT2D eigenvalue weighted by molar-refractivity contribution is 6.22. The molecule has 1 aliphatic carbocycles. The van der Waals surface area contributed by atoms with E-state index < -0.39 is 0 Å². The first kappa shape index (κ1) is 14.1. The van der Waals surface area contributed by atoms with Crippen LogP contribution in [0.5, 0.6) is 0 Å². The first-order chi connectivity index (χ1) is 12.9. The number of rotatable bonds is 1. The molecule has 0 radical (unpaired) electrons. The van der Waals surface area contributed by atoms with Gasteiger partial charge in [-0.1, -0.05) is 60.7 Å². The average molecular weight is 333 g/mol. The number of aromatic nitrogens is 1. The molecule has 1 aromatic heterocycles. The molecular weight excluding hydrogens is 314 g/mol. The van der Waals surface area contributed by atoms with Crippen LogP contribution in [0.1, 0.15) is 18.1 Å². The number of aryl methyl sites for hydroxylation is 1. The molecular formula is C25H19N. The van der Waals surface area contributed by atoms with Crippen LogP contribution >= 0.6 is 0 Å². The van der Waals surface area contributed by atoms with E-state index in [1.54, 1.807) is 0 Å². The molecule has 0 bridgehead atoms. The van der Waals surface area contributed by atoms with Crippen LogP contribution in [-0.2, 0) is 13.0 Å². The molecule has 4 aromatic carbocycles. The Kier molecular flexibility index (Phi) is 2.71. The van der Waals surface area contributed by atoms with Gasteiger partial charge in [0.2, 0.25) is 0 Å². The Labute approximate surface area is 152 Å². The Bertz CT molecular complexity index is 1340. The summed E-state index contributed by atoms with van der Waals surface area (Å²) in [6, 6.07) is 26.9. The summed E-state index contributed by atoms with van der Waals surface area (Å²) >= 11 is 0. The normalized spacial score (nSPS) is 12.8. The smallest absolute Gasteiger partial charge is 0.0497 e. The maximum Gasteiger partial charge on any atom is 0.0497 e. The zero-order chi connectivity index (χ0) is 17.3. The molecule has 0 amide bonds. The lowest BCUT2D eigenvalue weighted by Gasteiger charge is -2.05. The number of nitrogens with zero attached hydrogens (tertiary/aromatic N) is 1. The fraction of sp³-hybridized carbons (Fsp3) is 0.120.